The summed E-state index contributed by atoms with van der Waals surface area (Å²) in [6, 6.07) is 15.1. The smallest absolute Gasteiger partial charge is 0.147 e. The molecule has 0 spiro atoms. The Morgan fingerprint density at radius 3 is 2.67 bits per heavy atom. The van der Waals surface area contributed by atoms with Crippen LogP contribution in [0.5, 0.6) is 0 Å². The van der Waals surface area contributed by atoms with E-state index in [1.807, 2.05) is 41.2 Å². The first-order valence-electron chi connectivity index (χ1n) is 10.6. The van der Waals surface area contributed by atoms with E-state index in [1.54, 1.807) is 12.3 Å². The summed E-state index contributed by atoms with van der Waals surface area (Å²) in [4.78, 5) is 9.15. The van der Waals surface area contributed by atoms with Gasteiger partial charge in [-0.15, -0.1) is 0 Å². The van der Waals surface area contributed by atoms with Crippen molar-refractivity contribution in [2.45, 2.75) is 19.5 Å². The van der Waals surface area contributed by atoms with Gasteiger partial charge in [0.15, 0.2) is 0 Å². The van der Waals surface area contributed by atoms with E-state index in [1.165, 1.54) is 11.6 Å². The van der Waals surface area contributed by atoms with Crippen LogP contribution in [0.3, 0.4) is 0 Å². The van der Waals surface area contributed by atoms with Gasteiger partial charge in [-0.1, -0.05) is 18.2 Å². The Balaban J connectivity index is 1.46. The minimum absolute atomic E-state index is 0.207. The minimum Gasteiger partial charge on any atom is -0.379 e. The number of aromatic nitrogens is 2. The summed E-state index contributed by atoms with van der Waals surface area (Å²) in [6.07, 6.45) is 6.74. The first kappa shape index (κ1) is 20.7. The van der Waals surface area contributed by atoms with Crippen molar-refractivity contribution in [3.05, 3.63) is 84.2 Å². The second kappa shape index (κ2) is 10.5. The molecule has 0 atom stereocenters. The van der Waals surface area contributed by atoms with Crippen LogP contribution in [0, 0.1) is 5.82 Å². The molecule has 1 aromatic carbocycles. The fourth-order valence-electron chi connectivity index (χ4n) is 3.96. The molecule has 2 aromatic heterocycles. The molecule has 30 heavy (non-hydrogen) atoms. The van der Waals surface area contributed by atoms with Gasteiger partial charge >= 0.3 is 0 Å². The SMILES string of the molecule is Fc1ccccc1-n1cccc1CN(CCCN1CCOCC1)Cc1cccnc1. The van der Waals surface area contributed by atoms with Crippen LogP contribution in [0.15, 0.2) is 67.1 Å². The van der Waals surface area contributed by atoms with Crippen molar-refractivity contribution in [1.29, 1.82) is 0 Å². The third-order valence-electron chi connectivity index (χ3n) is 5.51. The molecular formula is C24H29FN4O. The number of morpholine rings is 1. The molecule has 0 amide bonds. The summed E-state index contributed by atoms with van der Waals surface area (Å²) in [5.41, 5.74) is 2.86. The standard InChI is InChI=1S/C24H29FN4O/c25-23-8-1-2-9-24(23)29-13-4-7-22(29)20-28(19-21-6-3-10-26-18-21)12-5-11-27-14-16-30-17-15-27/h1-4,6-10,13,18H,5,11-12,14-17,19-20H2. The van der Waals surface area contributed by atoms with Gasteiger partial charge in [-0.05, 0) is 48.9 Å². The highest BCUT2D eigenvalue weighted by Crippen LogP contribution is 2.19. The van der Waals surface area contributed by atoms with Crippen LogP contribution in [0.4, 0.5) is 4.39 Å². The Labute approximate surface area is 177 Å². The zero-order valence-electron chi connectivity index (χ0n) is 17.3. The lowest BCUT2D eigenvalue weighted by atomic mass is 10.2. The van der Waals surface area contributed by atoms with E-state index in [0.29, 0.717) is 5.69 Å². The molecule has 0 saturated carbocycles. The molecule has 158 valence electrons. The van der Waals surface area contributed by atoms with Crippen molar-refractivity contribution in [1.82, 2.24) is 19.4 Å². The Morgan fingerprint density at radius 2 is 1.87 bits per heavy atom. The second-order valence-electron chi connectivity index (χ2n) is 7.70. The largest absolute Gasteiger partial charge is 0.379 e. The number of pyridine rings is 1. The van der Waals surface area contributed by atoms with Crippen LogP contribution in [-0.4, -0.2) is 58.7 Å². The zero-order valence-corrected chi connectivity index (χ0v) is 17.3. The maximum Gasteiger partial charge on any atom is 0.147 e. The van der Waals surface area contributed by atoms with E-state index in [0.717, 1.165) is 64.6 Å². The predicted octanol–water partition coefficient (Wildman–Crippen LogP) is 3.74. The molecule has 1 aliphatic rings. The van der Waals surface area contributed by atoms with Crippen molar-refractivity contribution < 1.29 is 9.13 Å². The summed E-state index contributed by atoms with van der Waals surface area (Å²) < 4.78 is 21.8. The van der Waals surface area contributed by atoms with Gasteiger partial charge in [0.05, 0.1) is 18.9 Å². The average molecular weight is 409 g/mol. The van der Waals surface area contributed by atoms with Gasteiger partial charge in [0.1, 0.15) is 5.82 Å². The van der Waals surface area contributed by atoms with Gasteiger partial charge in [0.2, 0.25) is 0 Å². The molecule has 0 bridgehead atoms. The topological polar surface area (TPSA) is 33.5 Å². The van der Waals surface area contributed by atoms with Crippen LogP contribution >= 0.6 is 0 Å². The number of nitrogens with zero attached hydrogens (tertiary/aromatic N) is 4. The van der Waals surface area contributed by atoms with Gasteiger partial charge in [-0.2, -0.15) is 0 Å². The van der Waals surface area contributed by atoms with Gasteiger partial charge < -0.3 is 9.30 Å². The van der Waals surface area contributed by atoms with E-state index >= 15 is 0 Å². The van der Waals surface area contributed by atoms with Crippen molar-refractivity contribution in [3.8, 4) is 5.69 Å². The zero-order chi connectivity index (χ0) is 20.6. The van der Waals surface area contributed by atoms with Crippen molar-refractivity contribution in [2.24, 2.45) is 0 Å². The highest BCUT2D eigenvalue weighted by atomic mass is 19.1. The van der Waals surface area contributed by atoms with Crippen LogP contribution in [0.1, 0.15) is 17.7 Å². The van der Waals surface area contributed by atoms with E-state index in [2.05, 4.69) is 26.9 Å². The van der Waals surface area contributed by atoms with Crippen molar-refractivity contribution in [3.63, 3.8) is 0 Å². The Morgan fingerprint density at radius 1 is 1.00 bits per heavy atom. The van der Waals surface area contributed by atoms with E-state index in [-0.39, 0.29) is 5.82 Å². The lowest BCUT2D eigenvalue weighted by Crippen LogP contribution is -2.38. The maximum absolute atomic E-state index is 14.4. The van der Waals surface area contributed by atoms with Gasteiger partial charge in [-0.3, -0.25) is 14.8 Å². The molecule has 0 radical (unpaired) electrons. The Hall–Kier alpha value is -2.54. The Bertz CT molecular complexity index is 908. The molecule has 5 nitrogen and oxygen atoms in total. The molecular weight excluding hydrogens is 379 g/mol. The molecule has 3 aromatic rings. The summed E-state index contributed by atoms with van der Waals surface area (Å²) in [5, 5.41) is 0. The van der Waals surface area contributed by atoms with E-state index < -0.39 is 0 Å². The normalized spacial score (nSPS) is 15.0. The van der Waals surface area contributed by atoms with Crippen LogP contribution in [0.2, 0.25) is 0 Å². The number of hydrogen-bond donors (Lipinski definition) is 0. The molecule has 0 N–H and O–H groups in total. The molecule has 0 unspecified atom stereocenters. The number of ether oxygens (including phenoxy) is 1. The number of para-hydroxylation sites is 1. The number of hydrogen-bond acceptors (Lipinski definition) is 4. The van der Waals surface area contributed by atoms with Crippen LogP contribution in [-0.2, 0) is 17.8 Å². The van der Waals surface area contributed by atoms with Crippen molar-refractivity contribution in [2.75, 3.05) is 39.4 Å². The molecule has 0 aliphatic carbocycles. The van der Waals surface area contributed by atoms with Gasteiger partial charge in [-0.25, -0.2) is 4.39 Å². The van der Waals surface area contributed by atoms with Crippen LogP contribution in [0.25, 0.3) is 5.69 Å². The molecule has 1 saturated heterocycles. The first-order valence-corrected chi connectivity index (χ1v) is 10.6. The summed E-state index contributed by atoms with van der Waals surface area (Å²) in [7, 11) is 0. The molecule has 4 rings (SSSR count). The van der Waals surface area contributed by atoms with Gasteiger partial charge in [0, 0.05) is 57.0 Å². The van der Waals surface area contributed by atoms with Crippen molar-refractivity contribution >= 4 is 0 Å². The fraction of sp³-hybridized carbons (Fsp3) is 0.375. The monoisotopic (exact) mass is 408 g/mol. The second-order valence-corrected chi connectivity index (χ2v) is 7.70. The lowest BCUT2D eigenvalue weighted by molar-refractivity contribution is 0.0358. The number of halogens is 1. The molecule has 1 fully saturated rings. The highest BCUT2D eigenvalue weighted by Gasteiger charge is 2.14. The predicted molar refractivity (Wildman–Crippen MR) is 116 cm³/mol. The molecule has 1 aliphatic heterocycles. The Kier molecular flexibility index (Phi) is 7.24. The lowest BCUT2D eigenvalue weighted by Gasteiger charge is -2.28. The molecule has 6 heteroatoms. The van der Waals surface area contributed by atoms with Crippen LogP contribution < -0.4 is 0 Å². The third-order valence-corrected chi connectivity index (χ3v) is 5.51. The highest BCUT2D eigenvalue weighted by molar-refractivity contribution is 5.36. The summed E-state index contributed by atoms with van der Waals surface area (Å²) >= 11 is 0. The number of rotatable bonds is 9. The number of benzene rings is 1. The van der Waals surface area contributed by atoms with Gasteiger partial charge in [0.25, 0.3) is 0 Å². The first-order chi connectivity index (χ1) is 14.8. The van der Waals surface area contributed by atoms with E-state index in [9.17, 15) is 4.39 Å². The maximum atomic E-state index is 14.4. The fourth-order valence-corrected chi connectivity index (χ4v) is 3.96. The average Bonchev–Trinajstić information content (AvgIpc) is 3.23. The quantitative estimate of drug-likeness (QED) is 0.540. The summed E-state index contributed by atoms with van der Waals surface area (Å²) in [5.74, 6) is -0.207. The van der Waals surface area contributed by atoms with E-state index in [4.69, 9.17) is 4.74 Å². The summed E-state index contributed by atoms with van der Waals surface area (Å²) in [6.45, 7) is 7.29. The third kappa shape index (κ3) is 5.53. The molecule has 3 heterocycles. The minimum atomic E-state index is -0.207.